The van der Waals surface area contributed by atoms with Gasteiger partial charge in [0.05, 0.1) is 0 Å². The van der Waals surface area contributed by atoms with Gasteiger partial charge in [0, 0.05) is 0 Å². The minimum Gasteiger partial charge on any atom is -0.0874 e. The van der Waals surface area contributed by atoms with Crippen LogP contribution in [0, 0.1) is 0 Å². The Morgan fingerprint density at radius 3 is 1.06 bits per heavy atom. The van der Waals surface area contributed by atoms with Gasteiger partial charge in [-0.2, -0.15) is 0 Å². The van der Waals surface area contributed by atoms with E-state index in [1.807, 2.05) is 0 Å². The molecular formula is C9H17Cl7. The molecule has 0 aliphatic heterocycles. The summed E-state index contributed by atoms with van der Waals surface area (Å²) in [7, 11) is 0. The van der Waals surface area contributed by atoms with Crippen LogP contribution >= 0.6 is 81.2 Å². The van der Waals surface area contributed by atoms with Crippen molar-refractivity contribution in [2.75, 3.05) is 0 Å². The molecule has 16 heavy (non-hydrogen) atoms. The molecule has 0 unspecified atom stereocenters. The Morgan fingerprint density at radius 1 is 0.750 bits per heavy atom. The van der Waals surface area contributed by atoms with Gasteiger partial charge < -0.3 is 0 Å². The Kier molecular flexibility index (Phi) is 24.6. The van der Waals surface area contributed by atoms with Crippen LogP contribution in [-0.2, 0) is 0 Å². The van der Waals surface area contributed by atoms with Gasteiger partial charge in [0.1, 0.15) is 0 Å². The third-order valence-electron chi connectivity index (χ3n) is 1.21. The molecule has 0 aliphatic carbocycles. The Hall–Kier alpha value is 2.03. The molecule has 7 heteroatoms. The van der Waals surface area contributed by atoms with Crippen LogP contribution in [0.4, 0.5) is 0 Å². The monoisotopic (exact) mass is 370 g/mol. The fourth-order valence-corrected chi connectivity index (χ4v) is 0.677. The lowest BCUT2D eigenvalue weighted by Crippen LogP contribution is -1.81. The van der Waals surface area contributed by atoms with E-state index in [-0.39, 0.29) is 0 Å². The van der Waals surface area contributed by atoms with Gasteiger partial charge >= 0.3 is 0 Å². The Labute approximate surface area is 134 Å². The molecule has 0 aromatic carbocycles. The highest BCUT2D eigenvalue weighted by molar-refractivity contribution is 6.83. The van der Waals surface area contributed by atoms with E-state index in [2.05, 4.69) is 13.8 Å². The molecular weight excluding hydrogens is 356 g/mol. The average molecular weight is 373 g/mol. The summed E-state index contributed by atoms with van der Waals surface area (Å²) < 4.78 is -2.36. The highest BCUT2D eigenvalue weighted by Gasteiger charge is 2.11. The third-order valence-corrected chi connectivity index (χ3v) is 1.21. The maximum Gasteiger partial charge on any atom is 0.266 e. The number of hydrogen-bond donors (Lipinski definition) is 0. The van der Waals surface area contributed by atoms with Crippen LogP contribution < -0.4 is 0 Å². The fraction of sp³-hybridized carbons (Fsp3) is 1.00. The van der Waals surface area contributed by atoms with Gasteiger partial charge in [-0.15, -0.1) is 0 Å². The number of rotatable bonds is 4. The Morgan fingerprint density at radius 2 is 0.938 bits per heavy atom. The van der Waals surface area contributed by atoms with Crippen molar-refractivity contribution < 1.29 is 0 Å². The molecule has 0 amide bonds. The van der Waals surface area contributed by atoms with Crippen LogP contribution in [0.2, 0.25) is 0 Å². The van der Waals surface area contributed by atoms with Crippen molar-refractivity contribution in [2.45, 2.75) is 53.5 Å². The second kappa shape index (κ2) is 17.0. The van der Waals surface area contributed by atoms with Crippen LogP contribution in [0.1, 0.15) is 46.0 Å². The van der Waals surface area contributed by atoms with Crippen molar-refractivity contribution in [3.8, 4) is 0 Å². The van der Waals surface area contributed by atoms with E-state index in [9.17, 15) is 0 Å². The molecule has 0 aliphatic rings. The highest BCUT2D eigenvalue weighted by Crippen LogP contribution is 2.29. The van der Waals surface area contributed by atoms with Crippen molar-refractivity contribution in [3.63, 3.8) is 0 Å². The lowest BCUT2D eigenvalue weighted by Gasteiger charge is -1.91. The zero-order valence-electron chi connectivity index (χ0n) is 9.26. The maximum absolute atomic E-state index is 4.83. The molecule has 0 N–H and O–H groups in total. The lowest BCUT2D eigenvalue weighted by molar-refractivity contribution is 0.656. The van der Waals surface area contributed by atoms with Gasteiger partial charge in [-0.1, -0.05) is 127 Å². The molecule has 0 nitrogen and oxygen atoms in total. The van der Waals surface area contributed by atoms with Gasteiger partial charge in [0.2, 0.25) is 0 Å². The predicted molar refractivity (Wildman–Crippen MR) is 81.9 cm³/mol. The number of unbranched alkanes of at least 4 members (excludes halogenated alkanes) is 4. The Balaban J connectivity index is -0.000000166. The van der Waals surface area contributed by atoms with E-state index in [0.29, 0.717) is 0 Å². The van der Waals surface area contributed by atoms with E-state index in [1.54, 1.807) is 0 Å². The van der Waals surface area contributed by atoms with Crippen molar-refractivity contribution in [1.29, 1.82) is 0 Å². The molecule has 102 valence electrons. The van der Waals surface area contributed by atoms with E-state index in [0.717, 1.165) is 0 Å². The molecule has 0 spiro atoms. The van der Waals surface area contributed by atoms with E-state index < -0.39 is 7.55 Å². The van der Waals surface area contributed by atoms with Crippen molar-refractivity contribution in [1.82, 2.24) is 0 Å². The van der Waals surface area contributed by atoms with E-state index in [4.69, 9.17) is 81.2 Å². The summed E-state index contributed by atoms with van der Waals surface area (Å²) in [6, 6.07) is 0. The molecule has 0 radical (unpaired) electrons. The molecule has 0 aromatic rings. The molecule has 0 saturated carbocycles. The van der Waals surface area contributed by atoms with Crippen molar-refractivity contribution >= 4 is 81.2 Å². The summed E-state index contributed by atoms with van der Waals surface area (Å²) in [6.45, 7) is 4.49. The standard InChI is InChI=1S/C7H16.CCl4.CHCl3/c1-3-5-7-6-4-2;2-1(3,4)5;2-1(3)4/h3-7H2,1-2H3;;1H. The second-order valence-corrected chi connectivity index (χ2v) is 8.14. The summed E-state index contributed by atoms with van der Waals surface area (Å²) in [4.78, 5) is 0. The van der Waals surface area contributed by atoms with Gasteiger partial charge in [-0.3, -0.25) is 0 Å². The molecule has 0 aromatic heterocycles. The van der Waals surface area contributed by atoms with Crippen LogP contribution in [0.15, 0.2) is 0 Å². The first kappa shape index (κ1) is 23.1. The molecule has 0 saturated heterocycles. The van der Waals surface area contributed by atoms with E-state index in [1.165, 1.54) is 32.1 Å². The first-order valence-electron chi connectivity index (χ1n) is 4.82. The van der Waals surface area contributed by atoms with Crippen molar-refractivity contribution in [2.24, 2.45) is 0 Å². The minimum absolute atomic E-state index is 0.750. The SMILES string of the molecule is CCCCCCC.ClC(Cl)(Cl)Cl.ClC(Cl)Cl. The lowest BCUT2D eigenvalue weighted by atomic mass is 10.2. The average Bonchev–Trinajstić information content (AvgIpc) is 2.01. The quantitative estimate of drug-likeness (QED) is 0.353. The number of alkyl halides is 7. The summed E-state index contributed by atoms with van der Waals surface area (Å²) in [5.74, 6) is 0. The van der Waals surface area contributed by atoms with E-state index >= 15 is 0 Å². The smallest absolute Gasteiger partial charge is 0.0874 e. The van der Waals surface area contributed by atoms with Crippen LogP contribution in [0.25, 0.3) is 0 Å². The third kappa shape index (κ3) is 99.6. The predicted octanol–water partition coefficient (Wildman–Crippen LogP) is 7.52. The van der Waals surface area contributed by atoms with Gasteiger partial charge in [0.15, 0.2) is 4.30 Å². The van der Waals surface area contributed by atoms with Crippen molar-refractivity contribution in [3.05, 3.63) is 0 Å². The van der Waals surface area contributed by atoms with Crippen LogP contribution in [0.3, 0.4) is 0 Å². The van der Waals surface area contributed by atoms with Gasteiger partial charge in [-0.05, 0) is 0 Å². The van der Waals surface area contributed by atoms with Crippen LogP contribution in [-0.4, -0.2) is 7.55 Å². The summed E-state index contributed by atoms with van der Waals surface area (Å²) in [5, 5.41) is 0. The van der Waals surface area contributed by atoms with Gasteiger partial charge in [-0.25, -0.2) is 0 Å². The fourth-order valence-electron chi connectivity index (χ4n) is 0.677. The zero-order chi connectivity index (χ0) is 13.6. The second-order valence-electron chi connectivity index (χ2n) is 2.74. The first-order valence-corrected chi connectivity index (χ1v) is 7.65. The molecule has 0 bridgehead atoms. The number of halogens is 7. The van der Waals surface area contributed by atoms with Crippen LogP contribution in [0.5, 0.6) is 0 Å². The first-order chi connectivity index (χ1) is 7.15. The maximum atomic E-state index is 4.83. The highest BCUT2D eigenvalue weighted by atomic mass is 35.6. The molecule has 0 atom stereocenters. The normalized spacial score (nSPS) is 10.1. The molecule has 0 rings (SSSR count). The summed E-state index contributed by atoms with van der Waals surface area (Å²) in [6.07, 6.45) is 7.01. The largest absolute Gasteiger partial charge is 0.266 e. The summed E-state index contributed by atoms with van der Waals surface area (Å²) >= 11 is 33.7. The molecule has 0 heterocycles. The van der Waals surface area contributed by atoms with Gasteiger partial charge in [0.25, 0.3) is 3.25 Å². The Bertz CT molecular complexity index is 98.2. The topological polar surface area (TPSA) is 0 Å². The minimum atomic E-state index is -1.61. The zero-order valence-corrected chi connectivity index (χ0v) is 14.6. The number of hydrogen-bond acceptors (Lipinski definition) is 0. The summed E-state index contributed by atoms with van der Waals surface area (Å²) in [5.41, 5.74) is 0. The molecule has 0 fully saturated rings.